The lowest BCUT2D eigenvalue weighted by molar-refractivity contribution is -0.146. The Hall–Kier alpha value is -1.62. The van der Waals surface area contributed by atoms with E-state index in [-0.39, 0.29) is 29.9 Å². The van der Waals surface area contributed by atoms with Crippen LogP contribution in [0.4, 0.5) is 4.39 Å². The highest BCUT2D eigenvalue weighted by Crippen LogP contribution is 2.22. The molecule has 0 saturated carbocycles. The van der Waals surface area contributed by atoms with Gasteiger partial charge in [0, 0.05) is 12.1 Å². The summed E-state index contributed by atoms with van der Waals surface area (Å²) < 4.78 is 13.9. The first-order chi connectivity index (χ1) is 9.54. The third kappa shape index (κ3) is 2.93. The van der Waals surface area contributed by atoms with E-state index in [1.807, 2.05) is 6.92 Å². The molecule has 2 amide bonds. The molecule has 1 saturated heterocycles. The topological polar surface area (TPSA) is 49.4 Å². The van der Waals surface area contributed by atoms with Crippen LogP contribution in [0.15, 0.2) is 18.2 Å². The van der Waals surface area contributed by atoms with Gasteiger partial charge in [-0.1, -0.05) is 37.1 Å². The standard InChI is InChI=1S/C14H16ClFN2O2/c1-2-4-11-14(20)17-7-12(19)18(11)8-9-5-3-6-10(15)13(9)16/h3,5-6,11H,2,4,7-8H2,1H3,(H,17,20). The molecule has 0 radical (unpaired) electrons. The molecule has 1 aromatic rings. The number of hydrogen-bond donors (Lipinski definition) is 1. The van der Waals surface area contributed by atoms with Crippen molar-refractivity contribution in [1.82, 2.24) is 10.2 Å². The van der Waals surface area contributed by atoms with E-state index in [0.29, 0.717) is 12.0 Å². The number of piperazine rings is 1. The monoisotopic (exact) mass is 298 g/mol. The van der Waals surface area contributed by atoms with Crippen molar-refractivity contribution in [3.8, 4) is 0 Å². The van der Waals surface area contributed by atoms with Gasteiger partial charge in [0.1, 0.15) is 11.9 Å². The molecule has 1 heterocycles. The molecule has 0 spiro atoms. The smallest absolute Gasteiger partial charge is 0.243 e. The molecule has 4 nitrogen and oxygen atoms in total. The minimum absolute atomic E-state index is 0.0171. The van der Waals surface area contributed by atoms with Crippen LogP contribution in [0.3, 0.4) is 0 Å². The van der Waals surface area contributed by atoms with E-state index in [1.54, 1.807) is 12.1 Å². The number of benzene rings is 1. The molecule has 0 aromatic heterocycles. The first-order valence-corrected chi connectivity index (χ1v) is 6.92. The average molecular weight is 299 g/mol. The van der Waals surface area contributed by atoms with Crippen molar-refractivity contribution in [1.29, 1.82) is 0 Å². The first kappa shape index (κ1) is 14.8. The molecule has 1 aliphatic rings. The predicted octanol–water partition coefficient (Wildman–Crippen LogP) is 2.11. The van der Waals surface area contributed by atoms with E-state index in [9.17, 15) is 14.0 Å². The Morgan fingerprint density at radius 3 is 2.90 bits per heavy atom. The zero-order chi connectivity index (χ0) is 14.7. The van der Waals surface area contributed by atoms with Gasteiger partial charge in [0.2, 0.25) is 11.8 Å². The summed E-state index contributed by atoms with van der Waals surface area (Å²) >= 11 is 5.74. The number of halogens is 2. The predicted molar refractivity (Wildman–Crippen MR) is 73.7 cm³/mol. The van der Waals surface area contributed by atoms with Crippen molar-refractivity contribution >= 4 is 23.4 Å². The maximum absolute atomic E-state index is 13.9. The molecule has 1 aromatic carbocycles. The summed E-state index contributed by atoms with van der Waals surface area (Å²) in [5.41, 5.74) is 0.321. The van der Waals surface area contributed by atoms with Gasteiger partial charge in [-0.3, -0.25) is 9.59 Å². The number of nitrogens with zero attached hydrogens (tertiary/aromatic N) is 1. The highest BCUT2D eigenvalue weighted by atomic mass is 35.5. The van der Waals surface area contributed by atoms with Gasteiger partial charge in [0.15, 0.2) is 0 Å². The van der Waals surface area contributed by atoms with Gasteiger partial charge in [-0.15, -0.1) is 0 Å². The van der Waals surface area contributed by atoms with Crippen LogP contribution in [0.25, 0.3) is 0 Å². The van der Waals surface area contributed by atoms with Crippen LogP contribution in [0.2, 0.25) is 5.02 Å². The molecule has 0 bridgehead atoms. The average Bonchev–Trinajstić information content (AvgIpc) is 2.43. The molecular weight excluding hydrogens is 283 g/mol. The van der Waals surface area contributed by atoms with Crippen molar-refractivity contribution in [2.75, 3.05) is 6.54 Å². The van der Waals surface area contributed by atoms with Crippen LogP contribution in [-0.4, -0.2) is 29.3 Å². The number of nitrogens with one attached hydrogen (secondary N) is 1. The number of amides is 2. The first-order valence-electron chi connectivity index (χ1n) is 6.54. The summed E-state index contributed by atoms with van der Waals surface area (Å²) in [4.78, 5) is 25.3. The molecule has 1 aliphatic heterocycles. The summed E-state index contributed by atoms with van der Waals surface area (Å²) in [5.74, 6) is -0.931. The van der Waals surface area contributed by atoms with Crippen LogP contribution in [0, 0.1) is 5.82 Å². The second kappa shape index (κ2) is 6.22. The van der Waals surface area contributed by atoms with Gasteiger partial charge in [0.05, 0.1) is 11.6 Å². The molecule has 1 unspecified atom stereocenters. The summed E-state index contributed by atoms with van der Waals surface area (Å²) in [6, 6.07) is 4.11. The largest absolute Gasteiger partial charge is 0.345 e. The Kier molecular flexibility index (Phi) is 4.60. The molecule has 108 valence electrons. The second-order valence-corrected chi connectivity index (χ2v) is 5.16. The second-order valence-electron chi connectivity index (χ2n) is 4.76. The summed E-state index contributed by atoms with van der Waals surface area (Å²) in [6.07, 6.45) is 1.32. The molecule has 1 atom stereocenters. The Bertz CT molecular complexity index is 536. The van der Waals surface area contributed by atoms with Gasteiger partial charge in [-0.2, -0.15) is 0 Å². The van der Waals surface area contributed by atoms with Crippen molar-refractivity contribution in [2.45, 2.75) is 32.4 Å². The van der Waals surface area contributed by atoms with E-state index >= 15 is 0 Å². The quantitative estimate of drug-likeness (QED) is 0.925. The van der Waals surface area contributed by atoms with Gasteiger partial charge in [-0.05, 0) is 12.5 Å². The van der Waals surface area contributed by atoms with Crippen molar-refractivity contribution in [3.63, 3.8) is 0 Å². The summed E-state index contributed by atoms with van der Waals surface area (Å²) in [7, 11) is 0. The van der Waals surface area contributed by atoms with Crippen molar-refractivity contribution in [2.24, 2.45) is 0 Å². The van der Waals surface area contributed by atoms with Crippen LogP contribution in [-0.2, 0) is 16.1 Å². The van der Waals surface area contributed by atoms with E-state index in [0.717, 1.165) is 6.42 Å². The highest BCUT2D eigenvalue weighted by Gasteiger charge is 2.34. The zero-order valence-corrected chi connectivity index (χ0v) is 11.9. The number of carbonyl (C=O) groups is 2. The molecule has 0 aliphatic carbocycles. The third-order valence-electron chi connectivity index (χ3n) is 3.35. The maximum atomic E-state index is 13.9. The van der Waals surface area contributed by atoms with Gasteiger partial charge >= 0.3 is 0 Å². The van der Waals surface area contributed by atoms with Crippen LogP contribution < -0.4 is 5.32 Å². The molecule has 2 rings (SSSR count). The van der Waals surface area contributed by atoms with Crippen LogP contribution in [0.5, 0.6) is 0 Å². The van der Waals surface area contributed by atoms with E-state index in [1.165, 1.54) is 11.0 Å². The van der Waals surface area contributed by atoms with Crippen LogP contribution in [0.1, 0.15) is 25.3 Å². The number of hydrogen-bond acceptors (Lipinski definition) is 2. The Morgan fingerprint density at radius 1 is 1.45 bits per heavy atom. The Labute approximate surface area is 121 Å². The SMILES string of the molecule is CCCC1C(=O)NCC(=O)N1Cc1cccc(Cl)c1F. The minimum atomic E-state index is -0.542. The molecule has 6 heteroatoms. The lowest BCUT2D eigenvalue weighted by Gasteiger charge is -2.35. The molecular formula is C14H16ClFN2O2. The lowest BCUT2D eigenvalue weighted by atomic mass is 10.1. The fourth-order valence-electron chi connectivity index (χ4n) is 2.31. The van der Waals surface area contributed by atoms with Gasteiger partial charge in [-0.25, -0.2) is 4.39 Å². The summed E-state index contributed by atoms with van der Waals surface area (Å²) in [6.45, 7) is 1.95. The fraction of sp³-hybridized carbons (Fsp3) is 0.429. The molecule has 1 N–H and O–H groups in total. The van der Waals surface area contributed by atoms with Crippen LogP contribution >= 0.6 is 11.6 Å². The van der Waals surface area contributed by atoms with E-state index in [4.69, 9.17) is 11.6 Å². The van der Waals surface area contributed by atoms with E-state index in [2.05, 4.69) is 5.32 Å². The summed E-state index contributed by atoms with van der Waals surface area (Å²) in [5, 5.41) is 2.58. The maximum Gasteiger partial charge on any atom is 0.243 e. The van der Waals surface area contributed by atoms with Gasteiger partial charge in [0.25, 0.3) is 0 Å². The molecule has 1 fully saturated rings. The zero-order valence-electron chi connectivity index (χ0n) is 11.2. The van der Waals surface area contributed by atoms with E-state index < -0.39 is 11.9 Å². The Morgan fingerprint density at radius 2 is 2.20 bits per heavy atom. The fourth-order valence-corrected chi connectivity index (χ4v) is 2.50. The number of rotatable bonds is 4. The van der Waals surface area contributed by atoms with Crippen molar-refractivity contribution in [3.05, 3.63) is 34.6 Å². The van der Waals surface area contributed by atoms with Crippen molar-refractivity contribution < 1.29 is 14.0 Å². The third-order valence-corrected chi connectivity index (χ3v) is 3.64. The Balaban J connectivity index is 2.25. The van der Waals surface area contributed by atoms with Gasteiger partial charge < -0.3 is 10.2 Å². The molecule has 20 heavy (non-hydrogen) atoms. The highest BCUT2D eigenvalue weighted by molar-refractivity contribution is 6.30. The number of carbonyl (C=O) groups excluding carboxylic acids is 2. The lowest BCUT2D eigenvalue weighted by Crippen LogP contribution is -2.57. The normalized spacial score (nSPS) is 19.1. The minimum Gasteiger partial charge on any atom is -0.345 e.